The number of amides is 1. The molecule has 0 aromatic rings. The van der Waals surface area contributed by atoms with E-state index in [0.717, 1.165) is 5.57 Å². The maximum absolute atomic E-state index is 10.9. The molecule has 8 heteroatoms. The summed E-state index contributed by atoms with van der Waals surface area (Å²) < 4.78 is 31.7. The van der Waals surface area contributed by atoms with Crippen LogP contribution in [0.4, 0.5) is 13.2 Å². The van der Waals surface area contributed by atoms with Crippen LogP contribution in [0, 0.1) is 0 Å². The van der Waals surface area contributed by atoms with Crippen molar-refractivity contribution >= 4 is 24.3 Å². The summed E-state index contributed by atoms with van der Waals surface area (Å²) in [5.74, 6) is -2.96. The summed E-state index contributed by atoms with van der Waals surface area (Å²) in [7, 11) is 0. The van der Waals surface area contributed by atoms with Gasteiger partial charge >= 0.3 is 12.1 Å². The summed E-state index contributed by atoms with van der Waals surface area (Å²) in [5, 5.41) is 7.12. The second-order valence-corrected chi connectivity index (χ2v) is 2.83. The van der Waals surface area contributed by atoms with Crippen LogP contribution in [0.1, 0.15) is 0 Å². The first-order chi connectivity index (χ1) is 7.82. The Bertz CT molecular complexity index is 466. The highest BCUT2D eigenvalue weighted by atomic mass is 19.4. The van der Waals surface area contributed by atoms with Gasteiger partial charge in [-0.2, -0.15) is 13.2 Å². The van der Waals surface area contributed by atoms with E-state index in [0.29, 0.717) is 5.57 Å². The number of aliphatic carboxylic acids is 1. The minimum atomic E-state index is -5.08. The number of carbonyl (C=O) groups is 2. The lowest BCUT2D eigenvalue weighted by Gasteiger charge is -1.99. The molecule has 0 atom stereocenters. The van der Waals surface area contributed by atoms with Gasteiger partial charge in [-0.1, -0.05) is 0 Å². The smallest absolute Gasteiger partial charge is 0.475 e. The predicted octanol–water partition coefficient (Wildman–Crippen LogP) is 1.13. The Hall–Kier alpha value is -2.25. The van der Waals surface area contributed by atoms with E-state index in [1.54, 1.807) is 12.3 Å². The Labute approximate surface area is 92.7 Å². The van der Waals surface area contributed by atoms with E-state index in [1.807, 2.05) is 0 Å². The summed E-state index contributed by atoms with van der Waals surface area (Å²) in [6, 6.07) is 0. The van der Waals surface area contributed by atoms with Gasteiger partial charge in [0.1, 0.15) is 0 Å². The molecule has 17 heavy (non-hydrogen) atoms. The van der Waals surface area contributed by atoms with E-state index in [4.69, 9.17) is 9.90 Å². The predicted molar refractivity (Wildman–Crippen MR) is 51.8 cm³/mol. The summed E-state index contributed by atoms with van der Waals surface area (Å²) in [6.45, 7) is 0. The lowest BCUT2D eigenvalue weighted by Crippen LogP contribution is -2.21. The zero-order valence-electron chi connectivity index (χ0n) is 8.10. The Balaban J connectivity index is 0.000000185. The summed E-state index contributed by atoms with van der Waals surface area (Å²) in [4.78, 5) is 27.2. The van der Waals surface area contributed by atoms with Crippen LogP contribution in [0.5, 0.6) is 0 Å². The van der Waals surface area contributed by atoms with Crippen molar-refractivity contribution in [3.63, 3.8) is 0 Å². The highest BCUT2D eigenvalue weighted by molar-refractivity contribution is 6.15. The average molecular weight is 246 g/mol. The number of alkyl halides is 3. The molecule has 2 aliphatic rings. The number of dihydropyridines is 1. The highest BCUT2D eigenvalue weighted by Crippen LogP contribution is 2.17. The molecule has 0 saturated heterocycles. The maximum Gasteiger partial charge on any atom is 0.490 e. The molecule has 0 bridgehead atoms. The Morgan fingerprint density at radius 3 is 2.41 bits per heavy atom. The van der Waals surface area contributed by atoms with Gasteiger partial charge in [0.15, 0.2) is 0 Å². The molecule has 0 aromatic heterocycles. The van der Waals surface area contributed by atoms with Crippen molar-refractivity contribution < 1.29 is 27.9 Å². The molecule has 0 radical (unpaired) electrons. The van der Waals surface area contributed by atoms with Gasteiger partial charge in [-0.3, -0.25) is 9.79 Å². The zero-order valence-corrected chi connectivity index (χ0v) is 8.10. The van der Waals surface area contributed by atoms with Gasteiger partial charge in [0, 0.05) is 24.2 Å². The molecule has 0 saturated carbocycles. The van der Waals surface area contributed by atoms with Gasteiger partial charge in [0.25, 0.3) is 5.91 Å². The van der Waals surface area contributed by atoms with Crippen LogP contribution in [-0.2, 0) is 9.59 Å². The number of hydrogen-bond donors (Lipinski definition) is 1. The van der Waals surface area contributed by atoms with Crippen molar-refractivity contribution in [3.05, 3.63) is 23.4 Å². The molecule has 2 rings (SSSR count). The Kier molecular flexibility index (Phi) is 3.56. The third kappa shape index (κ3) is 3.37. The minimum Gasteiger partial charge on any atom is -0.475 e. The van der Waals surface area contributed by atoms with E-state index < -0.39 is 12.1 Å². The van der Waals surface area contributed by atoms with Crippen LogP contribution in [-0.4, -0.2) is 35.6 Å². The standard InChI is InChI=1S/C7H4N2O.C2HF3O2/c10-7-6-4-8-3-5(6)1-2-9-7;3-2(4,5)1(6)7/h1-4H;(H,6,7). The van der Waals surface area contributed by atoms with Crippen LogP contribution in [0.25, 0.3) is 0 Å². The number of carboxylic acid groups (broad SMARTS) is 1. The largest absolute Gasteiger partial charge is 0.490 e. The number of carbonyl (C=O) groups excluding carboxylic acids is 1. The number of carboxylic acids is 1. The van der Waals surface area contributed by atoms with E-state index in [-0.39, 0.29) is 5.91 Å². The molecule has 0 unspecified atom stereocenters. The van der Waals surface area contributed by atoms with Crippen molar-refractivity contribution in [2.75, 3.05) is 0 Å². The Morgan fingerprint density at radius 1 is 1.35 bits per heavy atom. The van der Waals surface area contributed by atoms with E-state index in [9.17, 15) is 18.0 Å². The van der Waals surface area contributed by atoms with Crippen molar-refractivity contribution in [3.8, 4) is 0 Å². The van der Waals surface area contributed by atoms with Crippen LogP contribution >= 0.6 is 0 Å². The van der Waals surface area contributed by atoms with Crippen LogP contribution in [0.3, 0.4) is 0 Å². The lowest BCUT2D eigenvalue weighted by atomic mass is 10.1. The molecule has 1 N–H and O–H groups in total. The first-order valence-corrected chi connectivity index (χ1v) is 4.15. The quantitative estimate of drug-likeness (QED) is 0.695. The minimum absolute atomic E-state index is 0.199. The van der Waals surface area contributed by atoms with E-state index in [2.05, 4.69) is 9.98 Å². The summed E-state index contributed by atoms with van der Waals surface area (Å²) >= 11 is 0. The number of fused-ring (bicyclic) bond motifs is 1. The second-order valence-electron chi connectivity index (χ2n) is 2.83. The molecule has 0 spiro atoms. The fourth-order valence-corrected chi connectivity index (χ4v) is 0.902. The molecular formula is C9H5F3N2O3. The average Bonchev–Trinajstić information content (AvgIpc) is 2.66. The van der Waals surface area contributed by atoms with Crippen molar-refractivity contribution in [2.45, 2.75) is 6.18 Å². The summed E-state index contributed by atoms with van der Waals surface area (Å²) in [6.07, 6.45) is 1.36. The topological polar surface area (TPSA) is 79.1 Å². The molecule has 0 aromatic carbocycles. The van der Waals surface area contributed by atoms with Crippen LogP contribution in [0.2, 0.25) is 0 Å². The third-order valence-electron chi connectivity index (χ3n) is 1.65. The van der Waals surface area contributed by atoms with Gasteiger partial charge < -0.3 is 5.11 Å². The van der Waals surface area contributed by atoms with Crippen molar-refractivity contribution in [1.82, 2.24) is 0 Å². The van der Waals surface area contributed by atoms with Crippen molar-refractivity contribution in [2.24, 2.45) is 9.98 Å². The molecule has 1 amide bonds. The van der Waals surface area contributed by atoms with Crippen LogP contribution in [0.15, 0.2) is 33.4 Å². The molecule has 5 nitrogen and oxygen atoms in total. The first-order valence-electron chi connectivity index (χ1n) is 4.15. The van der Waals surface area contributed by atoms with Gasteiger partial charge in [0.2, 0.25) is 0 Å². The highest BCUT2D eigenvalue weighted by Gasteiger charge is 2.38. The number of halogens is 3. The Morgan fingerprint density at radius 2 is 1.94 bits per heavy atom. The SMILES string of the molecule is O=C(O)C(F)(F)F.O=C1N=CC=C2C=NC=C12. The van der Waals surface area contributed by atoms with Gasteiger partial charge in [-0.15, -0.1) is 0 Å². The van der Waals surface area contributed by atoms with Crippen molar-refractivity contribution in [1.29, 1.82) is 0 Å². The number of hydrogen-bond acceptors (Lipinski definition) is 3. The number of allylic oxidation sites excluding steroid dienone is 1. The molecule has 2 aliphatic heterocycles. The van der Waals surface area contributed by atoms with Gasteiger partial charge in [0.05, 0.1) is 5.57 Å². The molecule has 2 heterocycles. The molecule has 90 valence electrons. The zero-order chi connectivity index (χ0) is 13.1. The molecular weight excluding hydrogens is 241 g/mol. The van der Waals surface area contributed by atoms with Gasteiger partial charge in [-0.05, 0) is 6.08 Å². The second kappa shape index (κ2) is 4.73. The maximum atomic E-state index is 10.9. The lowest BCUT2D eigenvalue weighted by molar-refractivity contribution is -0.192. The number of rotatable bonds is 0. The van der Waals surface area contributed by atoms with E-state index in [1.165, 1.54) is 12.4 Å². The monoisotopic (exact) mass is 246 g/mol. The third-order valence-corrected chi connectivity index (χ3v) is 1.65. The molecule has 0 aliphatic carbocycles. The fraction of sp³-hybridized carbons (Fsp3) is 0.111. The first kappa shape index (κ1) is 12.8. The van der Waals surface area contributed by atoms with E-state index >= 15 is 0 Å². The normalized spacial score (nSPS) is 16.8. The fourth-order valence-electron chi connectivity index (χ4n) is 0.902. The summed E-state index contributed by atoms with van der Waals surface area (Å²) in [5.41, 5.74) is 1.46. The molecule has 0 fully saturated rings. The number of nitrogens with zero attached hydrogens (tertiary/aromatic N) is 2. The number of aliphatic imine (C=N–C) groups is 2. The van der Waals surface area contributed by atoms with Crippen LogP contribution < -0.4 is 0 Å². The van der Waals surface area contributed by atoms with Gasteiger partial charge in [-0.25, -0.2) is 9.79 Å².